The summed E-state index contributed by atoms with van der Waals surface area (Å²) in [6.45, 7) is 0. The molecule has 0 saturated carbocycles. The number of fused-ring (bicyclic) bond motifs is 16. The minimum Gasteiger partial charge on any atom is -0.309 e. The van der Waals surface area contributed by atoms with E-state index in [1.165, 1.54) is 144 Å². The average molecular weight is 1100 g/mol. The summed E-state index contributed by atoms with van der Waals surface area (Å²) in [5, 5.41) is 4.99. The Kier molecular flexibility index (Phi) is 10.9. The second-order valence-electron chi connectivity index (χ2n) is 23.4. The lowest BCUT2D eigenvalue weighted by molar-refractivity contribution is 0.794. The lowest BCUT2D eigenvalue weighted by Crippen LogP contribution is -2.25. The van der Waals surface area contributed by atoms with Crippen LogP contribution in [0.5, 0.6) is 0 Å². The molecule has 2 heteroatoms. The number of aromatic nitrogens is 2. The molecule has 0 aliphatic heterocycles. The van der Waals surface area contributed by atoms with Gasteiger partial charge in [-0.2, -0.15) is 0 Å². The molecule has 0 amide bonds. The predicted octanol–water partition coefficient (Wildman–Crippen LogP) is 22.2. The SMILES string of the molecule is c1ccc(-c2ccc(-n3c4ccccc4c4ccccc43)c(-c3cccc(-c4cccc5c4-c4ccccc4C54c5ccccc5-c5c(-c6cccc(-c7cc(-c8ccccc8)ccc7-n7c8ccccc8c8ccccc87)c6)cccc54)c3)c2)cc1. The molecule has 2 nitrogen and oxygen atoms in total. The Bertz CT molecular complexity index is 5020. The van der Waals surface area contributed by atoms with Gasteiger partial charge in [-0.05, 0) is 161 Å². The van der Waals surface area contributed by atoms with Gasteiger partial charge in [-0.1, -0.05) is 267 Å². The van der Waals surface area contributed by atoms with Crippen LogP contribution in [-0.4, -0.2) is 9.13 Å². The van der Waals surface area contributed by atoms with Crippen LogP contribution >= 0.6 is 0 Å². The van der Waals surface area contributed by atoms with Gasteiger partial charge in [0, 0.05) is 32.7 Å². The van der Waals surface area contributed by atoms with Crippen LogP contribution in [0.25, 0.3) is 144 Å². The number of rotatable bonds is 8. The van der Waals surface area contributed by atoms with E-state index in [2.05, 4.69) is 337 Å². The van der Waals surface area contributed by atoms with Gasteiger partial charge < -0.3 is 9.13 Å². The van der Waals surface area contributed by atoms with E-state index in [9.17, 15) is 0 Å². The Morgan fingerprint density at radius 2 is 0.483 bits per heavy atom. The van der Waals surface area contributed by atoms with E-state index in [0.29, 0.717) is 0 Å². The molecule has 1 spiro atoms. The summed E-state index contributed by atoms with van der Waals surface area (Å²) < 4.78 is 4.93. The fourth-order valence-corrected chi connectivity index (χ4v) is 15.3. The normalized spacial score (nSPS) is 12.7. The summed E-state index contributed by atoms with van der Waals surface area (Å²) >= 11 is 0. The third-order valence-corrected chi connectivity index (χ3v) is 19.0. The van der Waals surface area contributed by atoms with Crippen molar-refractivity contribution in [1.29, 1.82) is 0 Å². The van der Waals surface area contributed by atoms with Crippen molar-refractivity contribution >= 4 is 43.6 Å². The molecule has 0 atom stereocenters. The van der Waals surface area contributed by atoms with Crippen molar-refractivity contribution < 1.29 is 0 Å². The minimum atomic E-state index is -0.569. The van der Waals surface area contributed by atoms with Crippen LogP contribution in [0.1, 0.15) is 22.3 Å². The first-order valence-corrected chi connectivity index (χ1v) is 30.2. The van der Waals surface area contributed by atoms with Crippen molar-refractivity contribution in [3.8, 4) is 100 Å². The highest BCUT2D eigenvalue weighted by Gasteiger charge is 2.52. The molecule has 18 rings (SSSR count). The van der Waals surface area contributed by atoms with Crippen LogP contribution in [0.4, 0.5) is 0 Å². The predicted molar refractivity (Wildman–Crippen MR) is 364 cm³/mol. The van der Waals surface area contributed by atoms with Crippen LogP contribution in [0.15, 0.2) is 328 Å². The van der Waals surface area contributed by atoms with Crippen molar-refractivity contribution in [3.05, 3.63) is 350 Å². The van der Waals surface area contributed by atoms with Gasteiger partial charge in [0.25, 0.3) is 0 Å². The van der Waals surface area contributed by atoms with Crippen LogP contribution < -0.4 is 0 Å². The van der Waals surface area contributed by atoms with Gasteiger partial charge in [-0.15, -0.1) is 0 Å². The smallest absolute Gasteiger partial charge is 0.0725 e. The number of benzene rings is 14. The highest BCUT2D eigenvalue weighted by atomic mass is 15.0. The zero-order chi connectivity index (χ0) is 57.2. The topological polar surface area (TPSA) is 9.86 Å². The standard InChI is InChI=1S/C85H54N2/c1-3-23-55(24-4-1)57-47-49-81(86-77-43-15-9-31-65(77)66-32-10-16-44-78(66)86)71(53-57)61-29-19-27-59(51-61)63-37-21-41-75-83(63)69-35-7-13-39-73(69)85(75)74-40-14-8-36-70(74)84-64(38-22-42-76(84)85)60-28-20-30-62(52-60)72-54-58(56-25-5-2-6-26-56)48-50-82(72)87-79-45-17-11-33-67(79)68-34-12-18-46-80(68)87/h1-54H. The Morgan fingerprint density at radius 1 is 0.184 bits per heavy atom. The van der Waals surface area contributed by atoms with E-state index in [1.54, 1.807) is 0 Å². The van der Waals surface area contributed by atoms with E-state index in [-0.39, 0.29) is 0 Å². The van der Waals surface area contributed by atoms with Crippen molar-refractivity contribution in [2.24, 2.45) is 0 Å². The van der Waals surface area contributed by atoms with Crippen molar-refractivity contribution in [2.75, 3.05) is 0 Å². The second-order valence-corrected chi connectivity index (χ2v) is 23.4. The van der Waals surface area contributed by atoms with E-state index < -0.39 is 5.41 Å². The molecular weight excluding hydrogens is 1050 g/mol. The molecular formula is C85H54N2. The quantitative estimate of drug-likeness (QED) is 0.144. The number of para-hydroxylation sites is 4. The van der Waals surface area contributed by atoms with Crippen LogP contribution in [0, 0.1) is 0 Å². The summed E-state index contributed by atoms with van der Waals surface area (Å²) in [7, 11) is 0. The summed E-state index contributed by atoms with van der Waals surface area (Å²) in [6, 6.07) is 122. The van der Waals surface area contributed by atoms with E-state index >= 15 is 0 Å². The maximum absolute atomic E-state index is 2.47. The summed E-state index contributed by atoms with van der Waals surface area (Å²) in [5.74, 6) is 0. The van der Waals surface area contributed by atoms with Gasteiger partial charge in [0.05, 0.1) is 38.9 Å². The zero-order valence-electron chi connectivity index (χ0n) is 47.6. The molecule has 2 aromatic heterocycles. The Hall–Kier alpha value is -11.3. The third-order valence-electron chi connectivity index (χ3n) is 19.0. The maximum Gasteiger partial charge on any atom is 0.0725 e. The fraction of sp³-hybridized carbons (Fsp3) is 0.0118. The summed E-state index contributed by atoms with van der Waals surface area (Å²) in [5.41, 5.74) is 31.1. The first-order chi connectivity index (χ1) is 43.2. The summed E-state index contributed by atoms with van der Waals surface area (Å²) in [6.07, 6.45) is 0. The molecule has 16 aromatic rings. The van der Waals surface area contributed by atoms with E-state index in [4.69, 9.17) is 0 Å². The number of nitrogens with zero attached hydrogens (tertiary/aromatic N) is 2. The molecule has 0 saturated heterocycles. The Balaban J connectivity index is 0.815. The molecule has 404 valence electrons. The maximum atomic E-state index is 2.47. The molecule has 2 aliphatic rings. The van der Waals surface area contributed by atoms with Crippen molar-refractivity contribution in [2.45, 2.75) is 5.41 Å². The molecule has 14 aromatic carbocycles. The first kappa shape index (κ1) is 49.1. The zero-order valence-corrected chi connectivity index (χ0v) is 47.6. The highest BCUT2D eigenvalue weighted by Crippen LogP contribution is 2.65. The molecule has 0 unspecified atom stereocenters. The van der Waals surface area contributed by atoms with Crippen LogP contribution in [0.2, 0.25) is 0 Å². The Labute approximate surface area is 505 Å². The highest BCUT2D eigenvalue weighted by molar-refractivity contribution is 6.12. The lowest BCUT2D eigenvalue weighted by Gasteiger charge is -2.30. The van der Waals surface area contributed by atoms with E-state index in [0.717, 1.165) is 22.5 Å². The largest absolute Gasteiger partial charge is 0.309 e. The van der Waals surface area contributed by atoms with Gasteiger partial charge in [-0.25, -0.2) is 0 Å². The Morgan fingerprint density at radius 3 is 0.885 bits per heavy atom. The number of hydrogen-bond acceptors (Lipinski definition) is 0. The van der Waals surface area contributed by atoms with Crippen molar-refractivity contribution in [3.63, 3.8) is 0 Å². The van der Waals surface area contributed by atoms with Crippen LogP contribution in [-0.2, 0) is 5.41 Å². The van der Waals surface area contributed by atoms with Gasteiger partial charge in [-0.3, -0.25) is 0 Å². The van der Waals surface area contributed by atoms with Gasteiger partial charge in [0.15, 0.2) is 0 Å². The average Bonchev–Trinajstić information content (AvgIpc) is 1.54. The van der Waals surface area contributed by atoms with Gasteiger partial charge in [0.1, 0.15) is 0 Å². The molecule has 0 bridgehead atoms. The molecule has 2 aliphatic carbocycles. The molecule has 87 heavy (non-hydrogen) atoms. The number of hydrogen-bond donors (Lipinski definition) is 0. The minimum absolute atomic E-state index is 0.569. The summed E-state index contributed by atoms with van der Waals surface area (Å²) in [4.78, 5) is 0. The fourth-order valence-electron chi connectivity index (χ4n) is 15.3. The second kappa shape index (κ2) is 19.4. The van der Waals surface area contributed by atoms with Gasteiger partial charge >= 0.3 is 0 Å². The van der Waals surface area contributed by atoms with Crippen molar-refractivity contribution in [1.82, 2.24) is 9.13 Å². The molecule has 0 fully saturated rings. The van der Waals surface area contributed by atoms with E-state index in [1.807, 2.05) is 0 Å². The molecule has 0 N–H and O–H groups in total. The monoisotopic (exact) mass is 1100 g/mol. The molecule has 0 radical (unpaired) electrons. The van der Waals surface area contributed by atoms with Gasteiger partial charge in [0.2, 0.25) is 0 Å². The first-order valence-electron chi connectivity index (χ1n) is 30.2. The van der Waals surface area contributed by atoms with Crippen LogP contribution in [0.3, 0.4) is 0 Å². The molecule has 2 heterocycles. The third kappa shape index (κ3) is 7.29. The lowest BCUT2D eigenvalue weighted by atomic mass is 9.70.